The van der Waals surface area contributed by atoms with Gasteiger partial charge in [-0.2, -0.15) is 0 Å². The molecule has 0 radical (unpaired) electrons. The summed E-state index contributed by atoms with van der Waals surface area (Å²) in [6, 6.07) is -1.07. The Kier molecular flexibility index (Phi) is 3.99. The zero-order chi connectivity index (χ0) is 10.6. The summed E-state index contributed by atoms with van der Waals surface area (Å²) in [5.74, 6) is -0.616. The molecular formula is C8H12N2O3S. The lowest BCUT2D eigenvalue weighted by Gasteiger charge is -2.14. The van der Waals surface area contributed by atoms with Crippen molar-refractivity contribution in [2.24, 2.45) is 5.73 Å². The van der Waals surface area contributed by atoms with Crippen molar-refractivity contribution >= 4 is 17.3 Å². The molecule has 5 nitrogen and oxygen atoms in total. The van der Waals surface area contributed by atoms with Gasteiger partial charge < -0.3 is 15.6 Å². The van der Waals surface area contributed by atoms with Crippen molar-refractivity contribution in [3.8, 4) is 0 Å². The van der Waals surface area contributed by atoms with Crippen molar-refractivity contribution in [3.63, 3.8) is 0 Å². The second-order valence-electron chi connectivity index (χ2n) is 2.59. The summed E-state index contributed by atoms with van der Waals surface area (Å²) in [5.41, 5.74) is 5.48. The van der Waals surface area contributed by atoms with Crippen LogP contribution in [0.2, 0.25) is 0 Å². The predicted molar refractivity (Wildman–Crippen MR) is 51.7 cm³/mol. The number of aliphatic hydroxyl groups excluding tert-OH is 1. The highest BCUT2D eigenvalue weighted by molar-refractivity contribution is 7.09. The normalized spacial score (nSPS) is 14.8. The van der Waals surface area contributed by atoms with Gasteiger partial charge in [0.25, 0.3) is 0 Å². The predicted octanol–water partition coefficient (Wildman–Crippen LogP) is 0.0669. The Bertz CT molecular complexity index is 289. The first-order valence-electron chi connectivity index (χ1n) is 4.16. The van der Waals surface area contributed by atoms with Crippen LogP contribution in [0.5, 0.6) is 0 Å². The first-order chi connectivity index (χ1) is 6.66. The molecule has 2 unspecified atom stereocenters. The molecule has 3 N–H and O–H groups in total. The van der Waals surface area contributed by atoms with E-state index in [1.807, 2.05) is 0 Å². The number of carbonyl (C=O) groups excluding carboxylic acids is 1. The molecular weight excluding hydrogens is 204 g/mol. The Morgan fingerprint density at radius 2 is 2.57 bits per heavy atom. The highest BCUT2D eigenvalue weighted by Crippen LogP contribution is 2.18. The maximum atomic E-state index is 11.1. The number of nitrogens with two attached hydrogens (primary N) is 1. The molecule has 1 rings (SSSR count). The number of carbonyl (C=O) groups is 1. The SMILES string of the molecule is CCOC(=O)C(N)C(O)c1nccs1. The summed E-state index contributed by atoms with van der Waals surface area (Å²) < 4.78 is 4.68. The highest BCUT2D eigenvalue weighted by Gasteiger charge is 2.26. The van der Waals surface area contributed by atoms with Crippen LogP contribution in [0.1, 0.15) is 18.0 Å². The van der Waals surface area contributed by atoms with Crippen molar-refractivity contribution < 1.29 is 14.6 Å². The Hall–Kier alpha value is -0.980. The van der Waals surface area contributed by atoms with Gasteiger partial charge in [0.15, 0.2) is 0 Å². The first kappa shape index (κ1) is 11.1. The summed E-state index contributed by atoms with van der Waals surface area (Å²) in [6.07, 6.45) is 0.454. The minimum absolute atomic E-state index is 0.247. The van der Waals surface area contributed by atoms with Gasteiger partial charge in [-0.3, -0.25) is 4.79 Å². The zero-order valence-electron chi connectivity index (χ0n) is 7.71. The number of nitrogens with zero attached hydrogens (tertiary/aromatic N) is 1. The van der Waals surface area contributed by atoms with Gasteiger partial charge in [-0.25, -0.2) is 4.98 Å². The van der Waals surface area contributed by atoms with Gasteiger partial charge in [0.05, 0.1) is 6.61 Å². The molecule has 0 aliphatic carbocycles. The summed E-state index contributed by atoms with van der Waals surface area (Å²) in [6.45, 7) is 1.93. The van der Waals surface area contributed by atoms with E-state index in [4.69, 9.17) is 5.73 Å². The summed E-state index contributed by atoms with van der Waals surface area (Å²) >= 11 is 1.25. The average Bonchev–Trinajstić information content (AvgIpc) is 2.68. The zero-order valence-corrected chi connectivity index (χ0v) is 8.53. The minimum atomic E-state index is -1.09. The largest absolute Gasteiger partial charge is 0.465 e. The number of rotatable bonds is 4. The molecule has 0 fully saturated rings. The maximum absolute atomic E-state index is 11.1. The van der Waals surface area contributed by atoms with Crippen LogP contribution in [0, 0.1) is 0 Å². The van der Waals surface area contributed by atoms with E-state index in [9.17, 15) is 9.90 Å². The quantitative estimate of drug-likeness (QED) is 0.695. The van der Waals surface area contributed by atoms with E-state index < -0.39 is 18.1 Å². The van der Waals surface area contributed by atoms with Crippen molar-refractivity contribution in [1.82, 2.24) is 4.98 Å². The molecule has 0 aliphatic rings. The molecule has 6 heteroatoms. The molecule has 0 spiro atoms. The molecule has 1 heterocycles. The summed E-state index contributed by atoms with van der Waals surface area (Å²) in [7, 11) is 0. The Morgan fingerprint density at radius 3 is 3.07 bits per heavy atom. The van der Waals surface area contributed by atoms with E-state index in [0.717, 1.165) is 0 Å². The fourth-order valence-electron chi connectivity index (χ4n) is 0.902. The van der Waals surface area contributed by atoms with Gasteiger partial charge in [-0.15, -0.1) is 11.3 Å². The summed E-state index contributed by atoms with van der Waals surface area (Å²) in [4.78, 5) is 15.0. The van der Waals surface area contributed by atoms with Gasteiger partial charge in [0.1, 0.15) is 17.2 Å². The van der Waals surface area contributed by atoms with Crippen LogP contribution in [0.4, 0.5) is 0 Å². The average molecular weight is 216 g/mol. The van der Waals surface area contributed by atoms with Crippen LogP contribution in [0.15, 0.2) is 11.6 Å². The number of aliphatic hydroxyl groups is 1. The van der Waals surface area contributed by atoms with Crippen molar-refractivity contribution in [1.29, 1.82) is 0 Å². The molecule has 0 aliphatic heterocycles. The van der Waals surface area contributed by atoms with Gasteiger partial charge >= 0.3 is 5.97 Å². The van der Waals surface area contributed by atoms with Crippen LogP contribution in [0.3, 0.4) is 0 Å². The van der Waals surface area contributed by atoms with E-state index in [1.54, 1.807) is 18.5 Å². The Morgan fingerprint density at radius 1 is 1.86 bits per heavy atom. The van der Waals surface area contributed by atoms with Crippen molar-refractivity contribution in [2.75, 3.05) is 6.61 Å². The van der Waals surface area contributed by atoms with E-state index in [1.165, 1.54) is 11.3 Å². The van der Waals surface area contributed by atoms with E-state index in [-0.39, 0.29) is 6.61 Å². The third-order valence-corrected chi connectivity index (χ3v) is 2.45. The van der Waals surface area contributed by atoms with Gasteiger partial charge in [-0.1, -0.05) is 0 Å². The molecule has 0 aromatic carbocycles. The number of thiazole rings is 1. The standard InChI is InChI=1S/C8H12N2O3S/c1-2-13-8(12)5(9)6(11)7-10-3-4-14-7/h3-6,11H,2,9H2,1H3. The molecule has 1 aromatic rings. The molecule has 0 saturated carbocycles. The van der Waals surface area contributed by atoms with Crippen LogP contribution in [-0.4, -0.2) is 28.7 Å². The summed E-state index contributed by atoms with van der Waals surface area (Å²) in [5, 5.41) is 11.7. The third kappa shape index (κ3) is 2.50. The fraction of sp³-hybridized carbons (Fsp3) is 0.500. The number of aromatic nitrogens is 1. The maximum Gasteiger partial charge on any atom is 0.326 e. The van der Waals surface area contributed by atoms with Crippen molar-refractivity contribution in [3.05, 3.63) is 16.6 Å². The lowest BCUT2D eigenvalue weighted by atomic mass is 10.2. The minimum Gasteiger partial charge on any atom is -0.465 e. The molecule has 2 atom stereocenters. The second-order valence-corrected chi connectivity index (χ2v) is 3.52. The Labute approximate surface area is 85.5 Å². The Balaban J connectivity index is 2.61. The van der Waals surface area contributed by atoms with Crippen LogP contribution >= 0.6 is 11.3 Å². The number of hydrogen-bond acceptors (Lipinski definition) is 6. The topological polar surface area (TPSA) is 85.4 Å². The smallest absolute Gasteiger partial charge is 0.326 e. The molecule has 14 heavy (non-hydrogen) atoms. The molecule has 0 saturated heterocycles. The van der Waals surface area contributed by atoms with Crippen molar-refractivity contribution in [2.45, 2.75) is 19.1 Å². The molecule has 0 bridgehead atoms. The second kappa shape index (κ2) is 5.04. The van der Waals surface area contributed by atoms with E-state index in [2.05, 4.69) is 9.72 Å². The van der Waals surface area contributed by atoms with Crippen LogP contribution in [-0.2, 0) is 9.53 Å². The number of ether oxygens (including phenoxy) is 1. The molecule has 0 amide bonds. The van der Waals surface area contributed by atoms with E-state index >= 15 is 0 Å². The lowest BCUT2D eigenvalue weighted by Crippen LogP contribution is -2.38. The van der Waals surface area contributed by atoms with Crippen LogP contribution < -0.4 is 5.73 Å². The van der Waals surface area contributed by atoms with Gasteiger partial charge in [-0.05, 0) is 6.92 Å². The monoisotopic (exact) mass is 216 g/mol. The van der Waals surface area contributed by atoms with Gasteiger partial charge in [0.2, 0.25) is 0 Å². The molecule has 78 valence electrons. The lowest BCUT2D eigenvalue weighted by molar-refractivity contribution is -0.147. The number of hydrogen-bond donors (Lipinski definition) is 2. The fourth-order valence-corrected chi connectivity index (χ4v) is 1.57. The highest BCUT2D eigenvalue weighted by atomic mass is 32.1. The molecule has 1 aromatic heterocycles. The van der Waals surface area contributed by atoms with Gasteiger partial charge in [0, 0.05) is 11.6 Å². The third-order valence-electron chi connectivity index (χ3n) is 1.60. The van der Waals surface area contributed by atoms with E-state index in [0.29, 0.717) is 5.01 Å². The number of esters is 1. The first-order valence-corrected chi connectivity index (χ1v) is 5.04. The van der Waals surface area contributed by atoms with Crippen LogP contribution in [0.25, 0.3) is 0 Å².